The Bertz CT molecular complexity index is 228. The maximum absolute atomic E-state index is 6.15. The fourth-order valence-corrected chi connectivity index (χ4v) is 3.10. The second-order valence-corrected chi connectivity index (χ2v) is 5.98. The summed E-state index contributed by atoms with van der Waals surface area (Å²) in [6.07, 6.45) is 6.69. The van der Waals surface area contributed by atoms with E-state index in [2.05, 4.69) is 23.8 Å². The molecule has 1 aliphatic carbocycles. The van der Waals surface area contributed by atoms with Gasteiger partial charge in [0.05, 0.1) is 0 Å². The van der Waals surface area contributed by atoms with Crippen molar-refractivity contribution in [3.05, 3.63) is 0 Å². The maximum Gasteiger partial charge on any atom is 0.0223 e. The Morgan fingerprint density at radius 3 is 2.76 bits per heavy atom. The van der Waals surface area contributed by atoms with Gasteiger partial charge < -0.3 is 10.6 Å². The van der Waals surface area contributed by atoms with E-state index in [4.69, 9.17) is 5.73 Å². The molecule has 2 N–H and O–H groups in total. The molecule has 1 heterocycles. The molecule has 1 saturated carbocycles. The first-order valence-corrected chi connectivity index (χ1v) is 7.39. The Kier molecular flexibility index (Phi) is 4.83. The van der Waals surface area contributed by atoms with Crippen LogP contribution in [0.15, 0.2) is 0 Å². The quantitative estimate of drug-likeness (QED) is 0.731. The number of hydrogen-bond donors (Lipinski definition) is 1. The highest BCUT2D eigenvalue weighted by molar-refractivity contribution is 4.85. The number of rotatable bonds is 7. The van der Waals surface area contributed by atoms with Gasteiger partial charge in [0.15, 0.2) is 0 Å². The molecule has 0 aromatic carbocycles. The van der Waals surface area contributed by atoms with Crippen LogP contribution in [0.1, 0.15) is 39.0 Å². The number of nitrogens with zero attached hydrogens (tertiary/aromatic N) is 2. The molecular weight excluding hydrogens is 210 g/mol. The van der Waals surface area contributed by atoms with Crippen LogP contribution in [-0.2, 0) is 0 Å². The molecule has 3 nitrogen and oxygen atoms in total. The third-order valence-corrected chi connectivity index (χ3v) is 4.50. The van der Waals surface area contributed by atoms with E-state index in [0.29, 0.717) is 6.04 Å². The van der Waals surface area contributed by atoms with Gasteiger partial charge in [0.25, 0.3) is 0 Å². The fourth-order valence-electron chi connectivity index (χ4n) is 3.10. The summed E-state index contributed by atoms with van der Waals surface area (Å²) in [7, 11) is 2.26. The number of nitrogens with two attached hydrogens (primary N) is 1. The lowest BCUT2D eigenvalue weighted by atomic mass is 10.1. The maximum atomic E-state index is 6.15. The van der Waals surface area contributed by atoms with Crippen molar-refractivity contribution < 1.29 is 0 Å². The third-order valence-electron chi connectivity index (χ3n) is 4.50. The average molecular weight is 239 g/mol. The molecule has 2 rings (SSSR count). The molecule has 17 heavy (non-hydrogen) atoms. The topological polar surface area (TPSA) is 32.5 Å². The van der Waals surface area contributed by atoms with Gasteiger partial charge in [-0.25, -0.2) is 0 Å². The van der Waals surface area contributed by atoms with E-state index in [-0.39, 0.29) is 0 Å². The third kappa shape index (κ3) is 3.94. The summed E-state index contributed by atoms with van der Waals surface area (Å²) in [5.74, 6) is 0.849. The Balaban J connectivity index is 1.63. The first kappa shape index (κ1) is 13.3. The van der Waals surface area contributed by atoms with Gasteiger partial charge >= 0.3 is 0 Å². The van der Waals surface area contributed by atoms with E-state index >= 15 is 0 Å². The molecule has 1 aliphatic heterocycles. The molecule has 2 atom stereocenters. The van der Waals surface area contributed by atoms with Gasteiger partial charge in [0.2, 0.25) is 0 Å². The van der Waals surface area contributed by atoms with Crippen molar-refractivity contribution in [2.45, 2.75) is 51.1 Å². The van der Waals surface area contributed by atoms with Gasteiger partial charge in [0, 0.05) is 18.6 Å². The molecular formula is C14H29N3. The minimum Gasteiger partial charge on any atom is -0.327 e. The van der Waals surface area contributed by atoms with Gasteiger partial charge in [-0.3, -0.25) is 4.90 Å². The van der Waals surface area contributed by atoms with Gasteiger partial charge in [-0.05, 0) is 64.7 Å². The van der Waals surface area contributed by atoms with E-state index in [1.54, 1.807) is 0 Å². The molecule has 0 aromatic rings. The van der Waals surface area contributed by atoms with Crippen molar-refractivity contribution in [1.29, 1.82) is 0 Å². The van der Waals surface area contributed by atoms with Crippen LogP contribution in [0.5, 0.6) is 0 Å². The zero-order chi connectivity index (χ0) is 12.3. The summed E-state index contributed by atoms with van der Waals surface area (Å²) < 4.78 is 0. The predicted octanol–water partition coefficient (Wildman–Crippen LogP) is 1.53. The lowest BCUT2D eigenvalue weighted by Gasteiger charge is -2.28. The molecule has 2 fully saturated rings. The minimum absolute atomic E-state index is 0.461. The lowest BCUT2D eigenvalue weighted by molar-refractivity contribution is 0.194. The van der Waals surface area contributed by atoms with Crippen molar-refractivity contribution in [2.75, 3.05) is 33.2 Å². The SMILES string of the molecule is CCN1CCCC1CN(C)CCC(N)C1CC1. The Hall–Kier alpha value is -0.120. The average Bonchev–Trinajstić information content (AvgIpc) is 3.08. The zero-order valence-electron chi connectivity index (χ0n) is 11.6. The summed E-state index contributed by atoms with van der Waals surface area (Å²) in [5, 5.41) is 0. The summed E-state index contributed by atoms with van der Waals surface area (Å²) in [6, 6.07) is 1.26. The van der Waals surface area contributed by atoms with E-state index in [1.807, 2.05) is 0 Å². The molecule has 0 amide bonds. The van der Waals surface area contributed by atoms with E-state index in [1.165, 1.54) is 58.3 Å². The fraction of sp³-hybridized carbons (Fsp3) is 1.00. The molecule has 0 bridgehead atoms. The molecule has 0 spiro atoms. The van der Waals surface area contributed by atoms with Crippen LogP contribution in [0.2, 0.25) is 0 Å². The van der Waals surface area contributed by atoms with Crippen molar-refractivity contribution in [3.8, 4) is 0 Å². The number of hydrogen-bond acceptors (Lipinski definition) is 3. The Morgan fingerprint density at radius 2 is 2.12 bits per heavy atom. The largest absolute Gasteiger partial charge is 0.327 e. The highest BCUT2D eigenvalue weighted by Gasteiger charge is 2.29. The standard InChI is InChI=1S/C14H29N3/c1-3-17-9-4-5-13(17)11-16(2)10-8-14(15)12-6-7-12/h12-14H,3-11,15H2,1-2H3. The molecule has 3 heteroatoms. The second kappa shape index (κ2) is 6.17. The van der Waals surface area contributed by atoms with E-state index < -0.39 is 0 Å². The smallest absolute Gasteiger partial charge is 0.0223 e. The molecule has 100 valence electrons. The van der Waals surface area contributed by atoms with Crippen LogP contribution in [0, 0.1) is 5.92 Å². The number of likely N-dealkylation sites (tertiary alicyclic amines) is 1. The van der Waals surface area contributed by atoms with Gasteiger partial charge in [-0.15, -0.1) is 0 Å². The van der Waals surface area contributed by atoms with Crippen molar-refractivity contribution in [1.82, 2.24) is 9.80 Å². The lowest BCUT2D eigenvalue weighted by Crippen LogP contribution is -2.40. The normalized spacial score (nSPS) is 27.9. The molecule has 0 radical (unpaired) electrons. The van der Waals surface area contributed by atoms with Crippen molar-refractivity contribution in [3.63, 3.8) is 0 Å². The highest BCUT2D eigenvalue weighted by atomic mass is 15.2. The Morgan fingerprint density at radius 1 is 1.35 bits per heavy atom. The van der Waals surface area contributed by atoms with Gasteiger partial charge in [-0.2, -0.15) is 0 Å². The molecule has 0 aromatic heterocycles. The summed E-state index contributed by atoms with van der Waals surface area (Å²) >= 11 is 0. The van der Waals surface area contributed by atoms with E-state index in [0.717, 1.165) is 12.0 Å². The van der Waals surface area contributed by atoms with Crippen LogP contribution in [0.3, 0.4) is 0 Å². The molecule has 1 saturated heterocycles. The van der Waals surface area contributed by atoms with Gasteiger partial charge in [0.1, 0.15) is 0 Å². The van der Waals surface area contributed by atoms with Crippen molar-refractivity contribution in [2.24, 2.45) is 11.7 Å². The Labute approximate surface area is 106 Å². The van der Waals surface area contributed by atoms with Crippen LogP contribution in [0.4, 0.5) is 0 Å². The predicted molar refractivity (Wildman–Crippen MR) is 73.1 cm³/mol. The van der Waals surface area contributed by atoms with Crippen LogP contribution in [-0.4, -0.2) is 55.1 Å². The van der Waals surface area contributed by atoms with Crippen LogP contribution in [0.25, 0.3) is 0 Å². The zero-order valence-corrected chi connectivity index (χ0v) is 11.6. The van der Waals surface area contributed by atoms with E-state index in [9.17, 15) is 0 Å². The van der Waals surface area contributed by atoms with Gasteiger partial charge in [-0.1, -0.05) is 6.92 Å². The van der Waals surface area contributed by atoms with Crippen LogP contribution >= 0.6 is 0 Å². The second-order valence-electron chi connectivity index (χ2n) is 5.98. The van der Waals surface area contributed by atoms with Crippen molar-refractivity contribution >= 4 is 0 Å². The minimum atomic E-state index is 0.461. The monoisotopic (exact) mass is 239 g/mol. The molecule has 2 aliphatic rings. The van der Waals surface area contributed by atoms with Crippen LogP contribution < -0.4 is 5.73 Å². The first-order chi connectivity index (χ1) is 8.20. The number of likely N-dealkylation sites (N-methyl/N-ethyl adjacent to an activating group) is 2. The summed E-state index contributed by atoms with van der Waals surface area (Å²) in [4.78, 5) is 5.11. The highest BCUT2D eigenvalue weighted by Crippen LogP contribution is 2.32. The first-order valence-electron chi connectivity index (χ1n) is 7.39. The summed E-state index contributed by atoms with van der Waals surface area (Å²) in [6.45, 7) is 7.19. The molecule has 2 unspecified atom stereocenters. The summed E-state index contributed by atoms with van der Waals surface area (Å²) in [5.41, 5.74) is 6.15.